The lowest BCUT2D eigenvalue weighted by Gasteiger charge is -2.29. The fourth-order valence-electron chi connectivity index (χ4n) is 1.61. The minimum absolute atomic E-state index is 0.0568. The first-order chi connectivity index (χ1) is 14.6. The maximum Gasteiger partial charge on any atom is 0.329 e. The van der Waals surface area contributed by atoms with E-state index in [2.05, 4.69) is 25.2 Å². The maximum atomic E-state index is 12.0. The molecule has 188 valence electrons. The molecule has 0 aliphatic rings. The van der Waals surface area contributed by atoms with E-state index in [1.165, 1.54) is 14.2 Å². The molecule has 2 amide bonds. The molecular weight excluding hydrogens is 425 g/mol. The van der Waals surface area contributed by atoms with Crippen LogP contribution in [0.25, 0.3) is 0 Å². The Morgan fingerprint density at radius 3 is 2.03 bits per heavy atom. The van der Waals surface area contributed by atoms with Crippen molar-refractivity contribution in [1.29, 1.82) is 0 Å². The second kappa shape index (κ2) is 24.9. The Bertz CT molecular complexity index is 464. The summed E-state index contributed by atoms with van der Waals surface area (Å²) in [6.45, 7) is 17.2. The van der Waals surface area contributed by atoms with Crippen LogP contribution in [0.4, 0.5) is 0 Å². The first-order valence-corrected chi connectivity index (χ1v) is 11.7. The highest BCUT2D eigenvalue weighted by Crippen LogP contribution is 2.35. The summed E-state index contributed by atoms with van der Waals surface area (Å²) in [5, 5.41) is 18.8. The summed E-state index contributed by atoms with van der Waals surface area (Å²) in [5.41, 5.74) is -0.334. The Hall–Kier alpha value is -1.32. The summed E-state index contributed by atoms with van der Waals surface area (Å²) in [6, 6.07) is 0. The van der Waals surface area contributed by atoms with Gasteiger partial charge in [0.15, 0.2) is 0 Å². The van der Waals surface area contributed by atoms with Gasteiger partial charge in [0.25, 0.3) is 0 Å². The minimum atomic E-state index is -2.03. The Morgan fingerprint density at radius 1 is 1.06 bits per heavy atom. The monoisotopic (exact) mass is 471 g/mol. The summed E-state index contributed by atoms with van der Waals surface area (Å²) >= 11 is 0. The zero-order chi connectivity index (χ0) is 25.5. The van der Waals surface area contributed by atoms with Gasteiger partial charge in [-0.25, -0.2) is 0 Å². The predicted molar refractivity (Wildman–Crippen MR) is 127 cm³/mol. The van der Waals surface area contributed by atoms with E-state index in [0.717, 1.165) is 0 Å². The molecule has 0 aliphatic heterocycles. The van der Waals surface area contributed by atoms with Crippen LogP contribution < -0.4 is 10.6 Å². The third-order valence-corrected chi connectivity index (χ3v) is 3.79. The molecule has 0 fully saturated rings. The molecule has 0 spiro atoms. The molecular formula is C20H46N3O7P. The van der Waals surface area contributed by atoms with Gasteiger partial charge >= 0.3 is 8.60 Å². The molecule has 0 aliphatic carbocycles. The molecule has 0 aromatic heterocycles. The van der Waals surface area contributed by atoms with Gasteiger partial charge in [0.05, 0.1) is 18.9 Å². The second-order valence-corrected chi connectivity index (χ2v) is 7.01. The van der Waals surface area contributed by atoms with Crippen LogP contribution in [0.1, 0.15) is 68.7 Å². The summed E-state index contributed by atoms with van der Waals surface area (Å²) in [5.74, 6) is -0.896. The van der Waals surface area contributed by atoms with Crippen molar-refractivity contribution in [3.8, 4) is 0 Å². The van der Waals surface area contributed by atoms with Crippen LogP contribution >= 0.6 is 8.60 Å². The van der Waals surface area contributed by atoms with Gasteiger partial charge in [-0.2, -0.15) is 0 Å². The highest BCUT2D eigenvalue weighted by atomic mass is 31.2. The number of hydrogen-bond donors (Lipinski definition) is 4. The minimum Gasteiger partial charge on any atom is -0.399 e. The topological polar surface area (TPSA) is 139 Å². The van der Waals surface area contributed by atoms with Gasteiger partial charge in [0.2, 0.25) is 11.8 Å². The van der Waals surface area contributed by atoms with Gasteiger partial charge in [-0.1, -0.05) is 60.5 Å². The molecule has 0 aromatic carbocycles. The molecule has 0 aromatic rings. The molecule has 0 rings (SSSR count). The van der Waals surface area contributed by atoms with Crippen molar-refractivity contribution >= 4 is 26.1 Å². The third-order valence-electron chi connectivity index (χ3n) is 3.13. The van der Waals surface area contributed by atoms with E-state index in [4.69, 9.17) is 4.52 Å². The van der Waals surface area contributed by atoms with E-state index in [1.807, 2.05) is 41.5 Å². The number of aliphatic hydroxyl groups is 1. The number of oxime groups is 1. The lowest BCUT2D eigenvalue weighted by Crippen LogP contribution is -2.46. The van der Waals surface area contributed by atoms with Crippen molar-refractivity contribution in [2.75, 3.05) is 33.9 Å². The van der Waals surface area contributed by atoms with Crippen molar-refractivity contribution < 1.29 is 33.5 Å². The van der Waals surface area contributed by atoms with Crippen LogP contribution in [0, 0.1) is 5.41 Å². The summed E-state index contributed by atoms with van der Waals surface area (Å²) < 4.78 is 9.60. The van der Waals surface area contributed by atoms with Gasteiger partial charge in [0, 0.05) is 25.5 Å². The number of carbonyl (C=O) groups is 2. The van der Waals surface area contributed by atoms with Crippen molar-refractivity contribution in [3.63, 3.8) is 0 Å². The van der Waals surface area contributed by atoms with Crippen LogP contribution in [0.3, 0.4) is 0 Å². The summed E-state index contributed by atoms with van der Waals surface area (Å²) in [6.07, 6.45) is -1.31. The van der Waals surface area contributed by atoms with E-state index >= 15 is 0 Å². The Labute approximate surface area is 190 Å². The normalized spacial score (nSPS) is 12.4. The van der Waals surface area contributed by atoms with E-state index in [9.17, 15) is 19.6 Å². The number of rotatable bonds is 12. The van der Waals surface area contributed by atoms with Crippen molar-refractivity contribution in [3.05, 3.63) is 0 Å². The molecule has 10 nitrogen and oxygen atoms in total. The standard InChI is InChI=1S/C14H28N3O7P.3C2H6/c1-10(17-22-4)8-16-11(18)6-7-15-13(20)12(19)14(2,3)9-24-25(21)23-5;3*1-2/h12,19,21H,6-9H2,1-5H3,(H,15,20)(H,16,18);3*1-2H3/b17-10+;;;. The quantitative estimate of drug-likeness (QED) is 0.195. The third kappa shape index (κ3) is 21.7. The van der Waals surface area contributed by atoms with Crippen molar-refractivity contribution in [2.24, 2.45) is 10.6 Å². The number of hydrogen-bond acceptors (Lipinski definition) is 8. The second-order valence-electron chi connectivity index (χ2n) is 5.91. The van der Waals surface area contributed by atoms with Gasteiger partial charge in [-0.3, -0.25) is 9.59 Å². The van der Waals surface area contributed by atoms with Crippen LogP contribution in [0.15, 0.2) is 5.16 Å². The fourth-order valence-corrected chi connectivity index (χ4v) is 2.16. The zero-order valence-corrected chi connectivity index (χ0v) is 22.1. The highest BCUT2D eigenvalue weighted by molar-refractivity contribution is 7.40. The Kier molecular flexibility index (Phi) is 29.8. The van der Waals surface area contributed by atoms with Crippen molar-refractivity contribution in [1.82, 2.24) is 10.6 Å². The van der Waals surface area contributed by atoms with Gasteiger partial charge < -0.3 is 34.5 Å². The molecule has 2 unspecified atom stereocenters. The van der Waals surface area contributed by atoms with Gasteiger partial charge in [-0.05, 0) is 6.92 Å². The molecule has 0 saturated heterocycles. The zero-order valence-electron chi connectivity index (χ0n) is 21.2. The van der Waals surface area contributed by atoms with Crippen LogP contribution in [0.2, 0.25) is 0 Å². The first-order valence-electron chi connectivity index (χ1n) is 10.6. The number of nitrogens with one attached hydrogen (secondary N) is 2. The number of nitrogens with zero attached hydrogens (tertiary/aromatic N) is 1. The average molecular weight is 472 g/mol. The average Bonchev–Trinajstić information content (AvgIpc) is 2.79. The largest absolute Gasteiger partial charge is 0.399 e. The van der Waals surface area contributed by atoms with Crippen molar-refractivity contribution in [2.45, 2.75) is 74.8 Å². The summed E-state index contributed by atoms with van der Waals surface area (Å²) in [4.78, 5) is 37.4. The number of carbonyl (C=O) groups excluding carboxylic acids is 2. The predicted octanol–water partition coefficient (Wildman–Crippen LogP) is 2.98. The van der Waals surface area contributed by atoms with Crippen LogP contribution in [-0.4, -0.2) is 67.5 Å². The molecule has 0 saturated carbocycles. The van der Waals surface area contributed by atoms with Gasteiger partial charge in [-0.15, -0.1) is 0 Å². The summed E-state index contributed by atoms with van der Waals surface area (Å²) in [7, 11) is 0.666. The van der Waals surface area contributed by atoms with E-state index in [1.54, 1.807) is 20.8 Å². The molecule has 0 bridgehead atoms. The highest BCUT2D eigenvalue weighted by Gasteiger charge is 2.34. The Morgan fingerprint density at radius 2 is 1.58 bits per heavy atom. The maximum absolute atomic E-state index is 12.0. The first kappa shape index (κ1) is 37.0. The molecule has 11 heteroatoms. The van der Waals surface area contributed by atoms with E-state index in [-0.39, 0.29) is 32.0 Å². The Balaban J connectivity index is -0.000000554. The number of amides is 2. The van der Waals surface area contributed by atoms with E-state index < -0.39 is 26.0 Å². The lowest BCUT2D eigenvalue weighted by molar-refractivity contribution is -0.136. The van der Waals surface area contributed by atoms with Gasteiger partial charge in [0.1, 0.15) is 13.2 Å². The van der Waals surface area contributed by atoms with Crippen LogP contribution in [-0.2, 0) is 23.5 Å². The lowest BCUT2D eigenvalue weighted by atomic mass is 9.87. The van der Waals surface area contributed by atoms with E-state index in [0.29, 0.717) is 5.71 Å². The fraction of sp³-hybridized carbons (Fsp3) is 0.850. The molecule has 0 radical (unpaired) electrons. The van der Waals surface area contributed by atoms with Crippen LogP contribution in [0.5, 0.6) is 0 Å². The number of aliphatic hydroxyl groups excluding tert-OH is 1. The smallest absolute Gasteiger partial charge is 0.329 e. The molecule has 31 heavy (non-hydrogen) atoms. The molecule has 2 atom stereocenters. The molecule has 4 N–H and O–H groups in total. The molecule has 0 heterocycles. The SMILES string of the molecule is CC.CC.CC.CO/N=C(\C)CNC(=O)CCNC(=O)C(O)C(C)(C)COP(O)OC.